The number of halogens is 1. The summed E-state index contributed by atoms with van der Waals surface area (Å²) in [6.07, 6.45) is 0.856. The van der Waals surface area contributed by atoms with Gasteiger partial charge in [-0.25, -0.2) is 9.99 Å². The van der Waals surface area contributed by atoms with Crippen molar-refractivity contribution in [2.24, 2.45) is 5.10 Å². The molecule has 0 saturated carbocycles. The molecule has 0 spiro atoms. The van der Waals surface area contributed by atoms with E-state index in [1.165, 1.54) is 22.3 Å². The van der Waals surface area contributed by atoms with Gasteiger partial charge in [0.25, 0.3) is 0 Å². The SMILES string of the molecule is Br.c1ccc(C2=NN(c3nc(-c4ccc(-c5ccccc5)cc4)cs3)C(c3ccccc3)C2)cc1. The summed E-state index contributed by atoms with van der Waals surface area (Å²) >= 11 is 1.65. The summed E-state index contributed by atoms with van der Waals surface area (Å²) in [4.78, 5) is 5.01. The van der Waals surface area contributed by atoms with Crippen molar-refractivity contribution in [1.29, 1.82) is 0 Å². The molecular weight excluding hydrogens is 514 g/mol. The lowest BCUT2D eigenvalue weighted by Gasteiger charge is -2.21. The molecule has 5 heteroatoms. The molecule has 0 amide bonds. The molecule has 1 aliphatic rings. The molecule has 1 aromatic heterocycles. The molecule has 35 heavy (non-hydrogen) atoms. The van der Waals surface area contributed by atoms with Crippen LogP contribution < -0.4 is 5.01 Å². The molecule has 0 radical (unpaired) electrons. The maximum absolute atomic E-state index is 5.05. The molecule has 6 rings (SSSR count). The van der Waals surface area contributed by atoms with Crippen LogP contribution in [0, 0.1) is 0 Å². The minimum absolute atomic E-state index is 0. The van der Waals surface area contributed by atoms with Crippen LogP contribution in [0.3, 0.4) is 0 Å². The van der Waals surface area contributed by atoms with Crippen LogP contribution in [0.2, 0.25) is 0 Å². The molecule has 2 heterocycles. The van der Waals surface area contributed by atoms with Crippen molar-refractivity contribution < 1.29 is 0 Å². The zero-order chi connectivity index (χ0) is 22.7. The Morgan fingerprint density at radius 1 is 0.629 bits per heavy atom. The van der Waals surface area contributed by atoms with Gasteiger partial charge in [0.15, 0.2) is 0 Å². The average Bonchev–Trinajstić information content (AvgIpc) is 3.58. The molecule has 1 atom stereocenters. The van der Waals surface area contributed by atoms with Gasteiger partial charge in [0, 0.05) is 17.4 Å². The Balaban J connectivity index is 0.00000253. The van der Waals surface area contributed by atoms with E-state index in [9.17, 15) is 0 Å². The zero-order valence-corrected chi connectivity index (χ0v) is 21.5. The summed E-state index contributed by atoms with van der Waals surface area (Å²) in [5, 5.41) is 10.2. The molecule has 1 unspecified atom stereocenters. The monoisotopic (exact) mass is 537 g/mol. The van der Waals surface area contributed by atoms with E-state index in [0.717, 1.165) is 28.5 Å². The van der Waals surface area contributed by atoms with Gasteiger partial charge in [0.05, 0.1) is 17.4 Å². The smallest absolute Gasteiger partial charge is 0.207 e. The quantitative estimate of drug-likeness (QED) is 0.225. The lowest BCUT2D eigenvalue weighted by Crippen LogP contribution is -2.18. The van der Waals surface area contributed by atoms with Crippen molar-refractivity contribution in [2.75, 3.05) is 5.01 Å². The number of hydrogen-bond acceptors (Lipinski definition) is 4. The summed E-state index contributed by atoms with van der Waals surface area (Å²) in [7, 11) is 0. The molecule has 1 aliphatic heterocycles. The van der Waals surface area contributed by atoms with Crippen LogP contribution in [0.25, 0.3) is 22.4 Å². The summed E-state index contributed by atoms with van der Waals surface area (Å²) in [6.45, 7) is 0. The Morgan fingerprint density at radius 3 is 1.83 bits per heavy atom. The van der Waals surface area contributed by atoms with E-state index in [-0.39, 0.29) is 23.0 Å². The molecule has 4 aromatic carbocycles. The second kappa shape index (κ2) is 10.4. The maximum Gasteiger partial charge on any atom is 0.207 e. The number of aromatic nitrogens is 1. The lowest BCUT2D eigenvalue weighted by molar-refractivity contribution is 0.706. The molecule has 5 aromatic rings. The fourth-order valence-corrected chi connectivity index (χ4v) is 5.23. The lowest BCUT2D eigenvalue weighted by atomic mass is 9.99. The summed E-state index contributed by atoms with van der Waals surface area (Å²) in [5.41, 5.74) is 8.04. The number of hydrazone groups is 1. The Hall–Kier alpha value is -3.54. The third kappa shape index (κ3) is 4.83. The van der Waals surface area contributed by atoms with E-state index in [1.807, 2.05) is 12.1 Å². The first-order valence-corrected chi connectivity index (χ1v) is 12.3. The van der Waals surface area contributed by atoms with Gasteiger partial charge < -0.3 is 0 Å². The highest BCUT2D eigenvalue weighted by molar-refractivity contribution is 8.93. The molecule has 3 nitrogen and oxygen atoms in total. The van der Waals surface area contributed by atoms with Crippen LogP contribution in [0.4, 0.5) is 5.13 Å². The maximum atomic E-state index is 5.05. The van der Waals surface area contributed by atoms with E-state index in [1.54, 1.807) is 11.3 Å². The van der Waals surface area contributed by atoms with Crippen molar-refractivity contribution in [3.05, 3.63) is 132 Å². The highest BCUT2D eigenvalue weighted by Crippen LogP contribution is 2.39. The van der Waals surface area contributed by atoms with Crippen LogP contribution in [0.15, 0.2) is 126 Å². The summed E-state index contributed by atoms with van der Waals surface area (Å²) < 4.78 is 0. The van der Waals surface area contributed by atoms with Gasteiger partial charge in [0.2, 0.25) is 5.13 Å². The van der Waals surface area contributed by atoms with Gasteiger partial charge >= 0.3 is 0 Å². The largest absolute Gasteiger partial charge is 0.231 e. The number of rotatable bonds is 5. The standard InChI is InChI=1S/C30H23N3S.BrH/c1-4-10-22(11-5-1)23-16-18-25(19-17-23)28-21-34-30(31-28)33-29(26-14-8-3-9-15-26)20-27(32-33)24-12-6-2-7-13-24;/h1-19,21,29H,20H2;1H. The predicted molar refractivity (Wildman–Crippen MR) is 153 cm³/mol. The normalized spacial score (nSPS) is 14.9. The topological polar surface area (TPSA) is 28.5 Å². The van der Waals surface area contributed by atoms with Gasteiger partial charge in [-0.05, 0) is 22.3 Å². The molecule has 0 N–H and O–H groups in total. The van der Waals surface area contributed by atoms with E-state index >= 15 is 0 Å². The minimum Gasteiger partial charge on any atom is -0.231 e. The summed E-state index contributed by atoms with van der Waals surface area (Å²) in [5.74, 6) is 0. The van der Waals surface area contributed by atoms with Crippen molar-refractivity contribution >= 4 is 39.2 Å². The van der Waals surface area contributed by atoms with Crippen molar-refractivity contribution in [1.82, 2.24) is 4.98 Å². The predicted octanol–water partition coefficient (Wildman–Crippen LogP) is 8.41. The molecule has 0 fully saturated rings. The van der Waals surface area contributed by atoms with Crippen LogP contribution in [0.1, 0.15) is 23.6 Å². The second-order valence-electron chi connectivity index (χ2n) is 8.35. The Bertz CT molecular complexity index is 1420. The van der Waals surface area contributed by atoms with Crippen LogP contribution in [-0.2, 0) is 0 Å². The number of anilines is 1. The van der Waals surface area contributed by atoms with Gasteiger partial charge in [-0.3, -0.25) is 0 Å². The van der Waals surface area contributed by atoms with Gasteiger partial charge in [-0.2, -0.15) is 5.10 Å². The molecule has 172 valence electrons. The molecule has 0 saturated heterocycles. The minimum atomic E-state index is 0. The van der Waals surface area contributed by atoms with Crippen LogP contribution in [-0.4, -0.2) is 10.7 Å². The highest BCUT2D eigenvalue weighted by Gasteiger charge is 2.31. The van der Waals surface area contributed by atoms with Crippen LogP contribution in [0.5, 0.6) is 0 Å². The number of thiazole rings is 1. The average molecular weight is 539 g/mol. The highest BCUT2D eigenvalue weighted by atomic mass is 79.9. The zero-order valence-electron chi connectivity index (χ0n) is 19.0. The van der Waals surface area contributed by atoms with Crippen LogP contribution >= 0.6 is 28.3 Å². The Kier molecular flexibility index (Phi) is 6.89. The van der Waals surface area contributed by atoms with Gasteiger partial charge in [-0.15, -0.1) is 28.3 Å². The third-order valence-corrected chi connectivity index (χ3v) is 7.01. The second-order valence-corrected chi connectivity index (χ2v) is 9.18. The van der Waals surface area contributed by atoms with Gasteiger partial charge in [0.1, 0.15) is 0 Å². The van der Waals surface area contributed by atoms with E-state index in [0.29, 0.717) is 0 Å². The summed E-state index contributed by atoms with van der Waals surface area (Å²) in [6, 6.07) is 40.3. The fourth-order valence-electron chi connectivity index (χ4n) is 4.39. The molecular formula is C30H24BrN3S. The fraction of sp³-hybridized carbons (Fsp3) is 0.0667. The number of nitrogens with zero attached hydrogens (tertiary/aromatic N) is 3. The van der Waals surface area contributed by atoms with E-state index in [4.69, 9.17) is 10.1 Å². The molecule has 0 aliphatic carbocycles. The number of benzene rings is 4. The Morgan fingerprint density at radius 2 is 1.17 bits per heavy atom. The third-order valence-electron chi connectivity index (χ3n) is 6.18. The van der Waals surface area contributed by atoms with Gasteiger partial charge in [-0.1, -0.05) is 115 Å². The first-order chi connectivity index (χ1) is 16.8. The molecule has 0 bridgehead atoms. The first-order valence-electron chi connectivity index (χ1n) is 11.4. The van der Waals surface area contributed by atoms with Crippen molar-refractivity contribution in [3.8, 4) is 22.4 Å². The Labute approximate surface area is 220 Å². The van der Waals surface area contributed by atoms with E-state index < -0.39 is 0 Å². The van der Waals surface area contributed by atoms with E-state index in [2.05, 4.69) is 114 Å². The first kappa shape index (κ1) is 23.2. The van der Waals surface area contributed by atoms with Crippen molar-refractivity contribution in [3.63, 3.8) is 0 Å². The number of hydrogen-bond donors (Lipinski definition) is 0. The van der Waals surface area contributed by atoms with Crippen molar-refractivity contribution in [2.45, 2.75) is 12.5 Å².